The van der Waals surface area contributed by atoms with Crippen LogP contribution in [0.15, 0.2) is 71.6 Å². The lowest BCUT2D eigenvalue weighted by atomic mass is 10.2. The van der Waals surface area contributed by atoms with Crippen molar-refractivity contribution in [3.8, 4) is 11.8 Å². The van der Waals surface area contributed by atoms with Crippen LogP contribution in [-0.4, -0.2) is 20.4 Å². The molecule has 1 unspecified atom stereocenters. The van der Waals surface area contributed by atoms with Crippen LogP contribution < -0.4 is 14.8 Å². The Morgan fingerprint density at radius 2 is 1.78 bits per heavy atom. The van der Waals surface area contributed by atoms with Crippen molar-refractivity contribution in [2.24, 2.45) is 0 Å². The minimum absolute atomic E-state index is 0.0979. The lowest BCUT2D eigenvalue weighted by molar-refractivity contribution is -0.122. The smallest absolute Gasteiger partial charge is 0.265 e. The fourth-order valence-electron chi connectivity index (χ4n) is 2.82. The molecular formula is C23H20FN3O4S. The molecule has 1 atom stereocenters. The molecule has 2 N–H and O–H groups in total. The van der Waals surface area contributed by atoms with Gasteiger partial charge in [-0.25, -0.2) is 12.8 Å². The maximum atomic E-state index is 13.9. The number of nitrogens with one attached hydrogen (secondary N) is 2. The molecule has 0 saturated heterocycles. The highest BCUT2D eigenvalue weighted by Crippen LogP contribution is 2.24. The first kappa shape index (κ1) is 22.8. The van der Waals surface area contributed by atoms with Crippen LogP contribution in [0, 0.1) is 24.1 Å². The quantitative estimate of drug-likeness (QED) is 0.557. The maximum Gasteiger partial charge on any atom is 0.265 e. The van der Waals surface area contributed by atoms with Crippen molar-refractivity contribution < 1.29 is 22.3 Å². The summed E-state index contributed by atoms with van der Waals surface area (Å²) in [4.78, 5) is 12.4. The number of anilines is 2. The van der Waals surface area contributed by atoms with Gasteiger partial charge in [0.1, 0.15) is 11.6 Å². The predicted octanol–water partition coefficient (Wildman–Crippen LogP) is 4.21. The summed E-state index contributed by atoms with van der Waals surface area (Å²) in [6, 6.07) is 18.1. The number of nitriles is 1. The summed E-state index contributed by atoms with van der Waals surface area (Å²) >= 11 is 0. The van der Waals surface area contributed by atoms with Gasteiger partial charge in [0.15, 0.2) is 6.10 Å². The second kappa shape index (κ2) is 9.49. The predicted molar refractivity (Wildman–Crippen MR) is 118 cm³/mol. The lowest BCUT2D eigenvalue weighted by Gasteiger charge is -2.16. The molecule has 0 aliphatic rings. The fourth-order valence-corrected chi connectivity index (χ4v) is 4.16. The Bertz CT molecular complexity index is 1290. The molecule has 0 aliphatic heterocycles. The number of amides is 1. The Balaban J connectivity index is 1.75. The Morgan fingerprint density at radius 1 is 1.09 bits per heavy atom. The molecule has 9 heteroatoms. The number of ether oxygens (including phenoxy) is 1. The second-order valence-corrected chi connectivity index (χ2v) is 8.60. The van der Waals surface area contributed by atoms with Gasteiger partial charge in [0.25, 0.3) is 15.9 Å². The molecule has 0 saturated carbocycles. The molecule has 0 fully saturated rings. The van der Waals surface area contributed by atoms with E-state index in [1.165, 1.54) is 30.3 Å². The van der Waals surface area contributed by atoms with Gasteiger partial charge in [-0.15, -0.1) is 0 Å². The highest BCUT2D eigenvalue weighted by Gasteiger charge is 2.21. The van der Waals surface area contributed by atoms with Gasteiger partial charge >= 0.3 is 0 Å². The average molecular weight is 453 g/mol. The summed E-state index contributed by atoms with van der Waals surface area (Å²) in [5.41, 5.74) is 0.955. The SMILES string of the molecule is Cc1ccc(NC(=O)C(C)Oc2ccc(C#N)cc2)cc1S(=O)(=O)Nc1ccccc1F. The number of nitrogens with zero attached hydrogens (tertiary/aromatic N) is 1. The molecule has 7 nitrogen and oxygen atoms in total. The van der Waals surface area contributed by atoms with E-state index in [2.05, 4.69) is 10.0 Å². The standard InChI is InChI=1S/C23H20FN3O4S/c1-15-7-10-18(13-22(15)32(29,30)27-21-6-4-3-5-20(21)24)26-23(28)16(2)31-19-11-8-17(14-25)9-12-19/h3-13,16,27H,1-2H3,(H,26,28). The van der Waals surface area contributed by atoms with Gasteiger partial charge in [-0.2, -0.15) is 5.26 Å². The largest absolute Gasteiger partial charge is 0.481 e. The third-order valence-electron chi connectivity index (χ3n) is 4.53. The molecule has 3 aromatic carbocycles. The van der Waals surface area contributed by atoms with Gasteiger partial charge in [0, 0.05) is 5.69 Å². The Hall–Kier alpha value is -3.90. The third kappa shape index (κ3) is 5.42. The molecule has 0 radical (unpaired) electrons. The molecule has 0 bridgehead atoms. The summed E-state index contributed by atoms with van der Waals surface area (Å²) < 4.78 is 47.3. The van der Waals surface area contributed by atoms with E-state index < -0.39 is 27.9 Å². The van der Waals surface area contributed by atoms with Gasteiger partial charge in [-0.3, -0.25) is 9.52 Å². The topological polar surface area (TPSA) is 108 Å². The number of carbonyl (C=O) groups excluding carboxylic acids is 1. The molecule has 0 aliphatic carbocycles. The first-order chi connectivity index (χ1) is 15.2. The van der Waals surface area contributed by atoms with Crippen molar-refractivity contribution in [1.82, 2.24) is 0 Å². The fraction of sp³-hybridized carbons (Fsp3) is 0.130. The van der Waals surface area contributed by atoms with Gasteiger partial charge in [0.05, 0.1) is 22.2 Å². The van der Waals surface area contributed by atoms with Crippen LogP contribution in [0.2, 0.25) is 0 Å². The highest BCUT2D eigenvalue weighted by molar-refractivity contribution is 7.92. The highest BCUT2D eigenvalue weighted by atomic mass is 32.2. The van der Waals surface area contributed by atoms with E-state index in [0.29, 0.717) is 16.9 Å². The van der Waals surface area contributed by atoms with Crippen LogP contribution in [0.25, 0.3) is 0 Å². The minimum atomic E-state index is -4.10. The van der Waals surface area contributed by atoms with Crippen molar-refractivity contribution >= 4 is 27.3 Å². The van der Waals surface area contributed by atoms with Crippen molar-refractivity contribution in [2.45, 2.75) is 24.8 Å². The van der Waals surface area contributed by atoms with Crippen molar-refractivity contribution in [3.63, 3.8) is 0 Å². The molecule has 0 heterocycles. The number of hydrogen-bond acceptors (Lipinski definition) is 5. The summed E-state index contributed by atoms with van der Waals surface area (Å²) in [6.45, 7) is 3.14. The zero-order valence-electron chi connectivity index (χ0n) is 17.3. The number of aryl methyl sites for hydroxylation is 1. The van der Waals surface area contributed by atoms with E-state index >= 15 is 0 Å². The zero-order valence-corrected chi connectivity index (χ0v) is 18.1. The number of rotatable bonds is 7. The van der Waals surface area contributed by atoms with E-state index in [0.717, 1.165) is 6.07 Å². The number of para-hydroxylation sites is 1. The number of sulfonamides is 1. The molecule has 0 spiro atoms. The number of hydrogen-bond donors (Lipinski definition) is 2. The van der Waals surface area contributed by atoms with Gasteiger partial charge in [-0.1, -0.05) is 18.2 Å². The molecule has 32 heavy (non-hydrogen) atoms. The summed E-state index contributed by atoms with van der Waals surface area (Å²) in [5, 5.41) is 11.5. The van der Waals surface area contributed by atoms with Crippen LogP contribution in [-0.2, 0) is 14.8 Å². The van der Waals surface area contributed by atoms with Gasteiger partial charge in [0.2, 0.25) is 0 Å². The molecule has 164 valence electrons. The average Bonchev–Trinajstić information content (AvgIpc) is 2.77. The molecular weight excluding hydrogens is 433 g/mol. The van der Waals surface area contributed by atoms with E-state index in [9.17, 15) is 17.6 Å². The van der Waals surface area contributed by atoms with Crippen molar-refractivity contribution in [3.05, 3.63) is 83.7 Å². The van der Waals surface area contributed by atoms with Gasteiger partial charge in [-0.05, 0) is 67.9 Å². The van der Waals surface area contributed by atoms with Crippen LogP contribution >= 0.6 is 0 Å². The molecule has 3 rings (SSSR count). The van der Waals surface area contributed by atoms with Crippen molar-refractivity contribution in [1.29, 1.82) is 5.26 Å². The lowest BCUT2D eigenvalue weighted by Crippen LogP contribution is -2.30. The first-order valence-electron chi connectivity index (χ1n) is 9.55. The monoisotopic (exact) mass is 453 g/mol. The zero-order chi connectivity index (χ0) is 23.3. The van der Waals surface area contributed by atoms with Crippen LogP contribution in [0.3, 0.4) is 0 Å². The molecule has 1 amide bonds. The Labute approximate surface area is 185 Å². The van der Waals surface area contributed by atoms with Crippen molar-refractivity contribution in [2.75, 3.05) is 10.0 Å². The van der Waals surface area contributed by atoms with E-state index in [4.69, 9.17) is 10.00 Å². The van der Waals surface area contributed by atoms with E-state index in [-0.39, 0.29) is 16.3 Å². The Morgan fingerprint density at radius 3 is 2.44 bits per heavy atom. The normalized spacial score (nSPS) is 11.8. The minimum Gasteiger partial charge on any atom is -0.481 e. The summed E-state index contributed by atoms with van der Waals surface area (Å²) in [6.07, 6.45) is -0.888. The van der Waals surface area contributed by atoms with Crippen LogP contribution in [0.4, 0.5) is 15.8 Å². The first-order valence-corrected chi connectivity index (χ1v) is 11.0. The van der Waals surface area contributed by atoms with E-state index in [1.807, 2.05) is 6.07 Å². The Kier molecular flexibility index (Phi) is 6.76. The second-order valence-electron chi connectivity index (χ2n) is 6.95. The van der Waals surface area contributed by atoms with Crippen LogP contribution in [0.1, 0.15) is 18.1 Å². The summed E-state index contributed by atoms with van der Waals surface area (Å²) in [5.74, 6) is -0.788. The number of halogens is 1. The number of benzene rings is 3. The number of carbonyl (C=O) groups is 1. The molecule has 3 aromatic rings. The third-order valence-corrected chi connectivity index (χ3v) is 6.04. The molecule has 0 aromatic heterocycles. The maximum absolute atomic E-state index is 13.9. The van der Waals surface area contributed by atoms with E-state index in [1.54, 1.807) is 44.2 Å². The van der Waals surface area contributed by atoms with Crippen LogP contribution in [0.5, 0.6) is 5.75 Å². The summed E-state index contributed by atoms with van der Waals surface area (Å²) in [7, 11) is -4.10. The van der Waals surface area contributed by atoms with Gasteiger partial charge < -0.3 is 10.1 Å².